The minimum atomic E-state index is -0.909. The molecule has 4 rings (SSSR count). The van der Waals surface area contributed by atoms with Crippen molar-refractivity contribution >= 4 is 23.5 Å². The first-order valence-electron chi connectivity index (χ1n) is 9.80. The number of imide groups is 1. The first kappa shape index (κ1) is 20.3. The fraction of sp³-hybridized carbons (Fsp3) is 0.286. The second kappa shape index (κ2) is 8.42. The average Bonchev–Trinajstić information content (AvgIpc) is 3.31. The van der Waals surface area contributed by atoms with E-state index in [4.69, 9.17) is 4.74 Å². The molecule has 0 radical (unpaired) electrons. The molecule has 0 saturated carbocycles. The molecule has 160 valence electrons. The van der Waals surface area contributed by atoms with Gasteiger partial charge < -0.3 is 15.4 Å². The van der Waals surface area contributed by atoms with Crippen LogP contribution >= 0.6 is 0 Å². The molecular weight excluding hydrogens is 400 g/mol. The number of carbonyl (C=O) groups is 3. The van der Waals surface area contributed by atoms with E-state index in [1.807, 2.05) is 24.4 Å². The molecule has 1 aliphatic heterocycles. The molecule has 10 heteroatoms. The molecule has 4 amide bonds. The number of amides is 4. The number of aromatic nitrogens is 3. The molecule has 31 heavy (non-hydrogen) atoms. The van der Waals surface area contributed by atoms with Gasteiger partial charge in [-0.2, -0.15) is 0 Å². The highest BCUT2D eigenvalue weighted by Crippen LogP contribution is 2.18. The van der Waals surface area contributed by atoms with Crippen LogP contribution in [0.5, 0.6) is 5.75 Å². The van der Waals surface area contributed by atoms with Gasteiger partial charge in [0.15, 0.2) is 11.5 Å². The number of urea groups is 1. The predicted octanol–water partition coefficient (Wildman–Crippen LogP) is 1.43. The number of benzene rings is 1. The Morgan fingerprint density at radius 2 is 1.97 bits per heavy atom. The molecule has 1 aliphatic rings. The summed E-state index contributed by atoms with van der Waals surface area (Å²) in [7, 11) is 1.56. The highest BCUT2D eigenvalue weighted by atomic mass is 16.5. The smallest absolute Gasteiger partial charge is 0.325 e. The van der Waals surface area contributed by atoms with E-state index in [9.17, 15) is 14.4 Å². The molecule has 3 aromatic rings. The minimum absolute atomic E-state index is 0.120. The van der Waals surface area contributed by atoms with Crippen molar-refractivity contribution in [2.45, 2.75) is 32.0 Å². The maximum atomic E-state index is 12.7. The van der Waals surface area contributed by atoms with Gasteiger partial charge in [-0.15, -0.1) is 10.2 Å². The van der Waals surface area contributed by atoms with Gasteiger partial charge in [-0.3, -0.25) is 18.9 Å². The Kier molecular flexibility index (Phi) is 5.52. The summed E-state index contributed by atoms with van der Waals surface area (Å²) in [5.74, 6) is 0.457. The fourth-order valence-electron chi connectivity index (χ4n) is 3.48. The lowest BCUT2D eigenvalue weighted by atomic mass is 10.1. The summed E-state index contributed by atoms with van der Waals surface area (Å²) < 4.78 is 6.89. The summed E-state index contributed by atoms with van der Waals surface area (Å²) in [6.07, 6.45) is 1.65. The van der Waals surface area contributed by atoms with Crippen LogP contribution in [-0.4, -0.2) is 50.5 Å². The molecule has 0 spiro atoms. The van der Waals surface area contributed by atoms with Gasteiger partial charge in [0.2, 0.25) is 5.91 Å². The summed E-state index contributed by atoms with van der Waals surface area (Å²) >= 11 is 0. The Morgan fingerprint density at radius 1 is 1.19 bits per heavy atom. The summed E-state index contributed by atoms with van der Waals surface area (Å²) in [5, 5.41) is 13.6. The van der Waals surface area contributed by atoms with Gasteiger partial charge in [0.05, 0.1) is 26.1 Å². The molecule has 0 bridgehead atoms. The van der Waals surface area contributed by atoms with Crippen molar-refractivity contribution in [2.24, 2.45) is 0 Å². The van der Waals surface area contributed by atoms with Gasteiger partial charge in [0.1, 0.15) is 11.8 Å². The third-order valence-corrected chi connectivity index (χ3v) is 5.10. The number of methoxy groups -OCH3 is 1. The van der Waals surface area contributed by atoms with E-state index in [1.165, 1.54) is 0 Å². The lowest BCUT2D eigenvalue weighted by molar-refractivity contribution is -0.131. The summed E-state index contributed by atoms with van der Waals surface area (Å²) in [6.45, 7) is 1.90. The largest absolute Gasteiger partial charge is 0.497 e. The maximum absolute atomic E-state index is 12.7. The molecule has 2 atom stereocenters. The van der Waals surface area contributed by atoms with E-state index >= 15 is 0 Å². The molecule has 10 nitrogen and oxygen atoms in total. The van der Waals surface area contributed by atoms with Crippen LogP contribution < -0.4 is 15.4 Å². The number of nitrogens with one attached hydrogen (secondary N) is 2. The maximum Gasteiger partial charge on any atom is 0.325 e. The lowest BCUT2D eigenvalue weighted by Gasteiger charge is -2.15. The van der Waals surface area contributed by atoms with E-state index in [0.29, 0.717) is 17.2 Å². The van der Waals surface area contributed by atoms with Crippen molar-refractivity contribution in [2.75, 3.05) is 7.11 Å². The van der Waals surface area contributed by atoms with Crippen molar-refractivity contribution < 1.29 is 19.1 Å². The number of hydrogen-bond donors (Lipinski definition) is 2. The fourth-order valence-corrected chi connectivity index (χ4v) is 3.48. The van der Waals surface area contributed by atoms with Gasteiger partial charge in [0, 0.05) is 6.20 Å². The van der Waals surface area contributed by atoms with E-state index in [0.717, 1.165) is 10.5 Å². The van der Waals surface area contributed by atoms with Gasteiger partial charge in [0.25, 0.3) is 5.91 Å². The van der Waals surface area contributed by atoms with E-state index in [1.54, 1.807) is 42.7 Å². The van der Waals surface area contributed by atoms with Gasteiger partial charge in [-0.25, -0.2) is 4.79 Å². The second-order valence-electron chi connectivity index (χ2n) is 7.25. The van der Waals surface area contributed by atoms with Crippen molar-refractivity contribution in [3.8, 4) is 5.75 Å². The number of hydrogen-bond acceptors (Lipinski definition) is 6. The highest BCUT2D eigenvalue weighted by Gasteiger charge is 2.39. The zero-order valence-corrected chi connectivity index (χ0v) is 17.1. The standard InChI is InChI=1S/C21H22N6O4/c1-13(19-25-24-17-5-3-4-10-26(17)19)22-18(28)11-16-20(29)27(21(30)23-16)12-14-6-8-15(31-2)9-7-14/h3-10,13,16H,11-12H2,1-2H3,(H,22,28)(H,23,30)/t13-,16+/m1/s1. The third kappa shape index (κ3) is 4.18. The van der Waals surface area contributed by atoms with Crippen molar-refractivity contribution in [1.82, 2.24) is 30.1 Å². The zero-order chi connectivity index (χ0) is 22.0. The number of carbonyl (C=O) groups excluding carboxylic acids is 3. The predicted molar refractivity (Wildman–Crippen MR) is 110 cm³/mol. The summed E-state index contributed by atoms with van der Waals surface area (Å²) in [5.41, 5.74) is 1.45. The quantitative estimate of drug-likeness (QED) is 0.556. The third-order valence-electron chi connectivity index (χ3n) is 5.10. The molecule has 2 N–H and O–H groups in total. The number of nitrogens with zero attached hydrogens (tertiary/aromatic N) is 4. The average molecular weight is 422 g/mol. The minimum Gasteiger partial charge on any atom is -0.497 e. The molecule has 1 aromatic carbocycles. The van der Waals surface area contributed by atoms with Crippen molar-refractivity contribution in [3.63, 3.8) is 0 Å². The summed E-state index contributed by atoms with van der Waals surface area (Å²) in [4.78, 5) is 38.6. The molecule has 1 saturated heterocycles. The SMILES string of the molecule is COc1ccc(CN2C(=O)N[C@@H](CC(=O)N[C@H](C)c3nnc4ccccn34)C2=O)cc1. The first-order valence-corrected chi connectivity index (χ1v) is 9.80. The zero-order valence-electron chi connectivity index (χ0n) is 17.1. The Labute approximate surface area is 178 Å². The van der Waals surface area contributed by atoms with Crippen LogP contribution in [0.3, 0.4) is 0 Å². The molecule has 0 unspecified atom stereocenters. The first-order chi connectivity index (χ1) is 15.0. The Bertz CT molecular complexity index is 1130. The number of ether oxygens (including phenoxy) is 1. The van der Waals surface area contributed by atoms with Crippen molar-refractivity contribution in [3.05, 3.63) is 60.0 Å². The van der Waals surface area contributed by atoms with E-state index in [2.05, 4.69) is 20.8 Å². The number of rotatable bonds is 7. The highest BCUT2D eigenvalue weighted by molar-refractivity contribution is 6.05. The Hall–Kier alpha value is -3.95. The van der Waals surface area contributed by atoms with Crippen LogP contribution in [0.2, 0.25) is 0 Å². The van der Waals surface area contributed by atoms with E-state index < -0.39 is 24.0 Å². The van der Waals surface area contributed by atoms with Gasteiger partial charge in [-0.1, -0.05) is 18.2 Å². The van der Waals surface area contributed by atoms with Crippen LogP contribution in [0.4, 0.5) is 4.79 Å². The molecule has 1 fully saturated rings. The van der Waals surface area contributed by atoms with Gasteiger partial charge >= 0.3 is 6.03 Å². The van der Waals surface area contributed by atoms with Crippen LogP contribution in [0.1, 0.15) is 30.8 Å². The Balaban J connectivity index is 1.37. The van der Waals surface area contributed by atoms with Crippen molar-refractivity contribution in [1.29, 1.82) is 0 Å². The molecule has 0 aliphatic carbocycles. The molecule has 2 aromatic heterocycles. The van der Waals surface area contributed by atoms with E-state index in [-0.39, 0.29) is 18.9 Å². The Morgan fingerprint density at radius 3 is 2.71 bits per heavy atom. The topological polar surface area (TPSA) is 118 Å². The summed E-state index contributed by atoms with van der Waals surface area (Å²) in [6, 6.07) is 10.7. The lowest BCUT2D eigenvalue weighted by Crippen LogP contribution is -2.37. The van der Waals surface area contributed by atoms with Crippen LogP contribution in [-0.2, 0) is 16.1 Å². The van der Waals surface area contributed by atoms with Crippen LogP contribution in [0.15, 0.2) is 48.7 Å². The normalized spacial score (nSPS) is 17.0. The number of pyridine rings is 1. The molecule has 3 heterocycles. The number of fused-ring (bicyclic) bond motifs is 1. The second-order valence-corrected chi connectivity index (χ2v) is 7.25. The molecular formula is C21H22N6O4. The monoisotopic (exact) mass is 422 g/mol. The van der Waals surface area contributed by atoms with Crippen LogP contribution in [0.25, 0.3) is 5.65 Å². The van der Waals surface area contributed by atoms with Gasteiger partial charge in [-0.05, 0) is 36.8 Å². The van der Waals surface area contributed by atoms with Crippen LogP contribution in [0, 0.1) is 0 Å².